The van der Waals surface area contributed by atoms with E-state index in [1.807, 2.05) is 19.1 Å². The van der Waals surface area contributed by atoms with Gasteiger partial charge in [0.2, 0.25) is 0 Å². The molecule has 0 saturated heterocycles. The second kappa shape index (κ2) is 13.8. The Morgan fingerprint density at radius 1 is 1.00 bits per heavy atom. The van der Waals surface area contributed by atoms with Gasteiger partial charge in [0.1, 0.15) is 11.6 Å². The molecule has 0 aliphatic heterocycles. The molecule has 0 amide bonds. The molecule has 0 spiro atoms. The molecule has 3 fully saturated rings. The molecular formula is C33H49FO2. The lowest BCUT2D eigenvalue weighted by Gasteiger charge is -2.46. The molecule has 3 aliphatic rings. The number of ether oxygens (including phenoxy) is 1. The average molecular weight is 497 g/mol. The van der Waals surface area contributed by atoms with Crippen molar-refractivity contribution in [3.8, 4) is 5.75 Å². The molecule has 0 radical (unpaired) electrons. The summed E-state index contributed by atoms with van der Waals surface area (Å²) < 4.78 is 20.3. The van der Waals surface area contributed by atoms with Crippen LogP contribution in [0.2, 0.25) is 0 Å². The van der Waals surface area contributed by atoms with Crippen LogP contribution in [0.5, 0.6) is 5.75 Å². The van der Waals surface area contributed by atoms with Crippen molar-refractivity contribution >= 4 is 5.97 Å². The molecule has 4 atom stereocenters. The number of halogens is 1. The van der Waals surface area contributed by atoms with Crippen molar-refractivity contribution in [3.05, 3.63) is 41.7 Å². The van der Waals surface area contributed by atoms with Gasteiger partial charge in [0.15, 0.2) is 0 Å². The van der Waals surface area contributed by atoms with E-state index < -0.39 is 0 Å². The first-order valence-electron chi connectivity index (χ1n) is 15.2. The Morgan fingerprint density at radius 3 is 2.56 bits per heavy atom. The van der Waals surface area contributed by atoms with Gasteiger partial charge in [-0.25, -0.2) is 4.39 Å². The largest absolute Gasteiger partial charge is 0.426 e. The number of rotatable bonds is 10. The zero-order valence-electron chi connectivity index (χ0n) is 22.9. The molecule has 36 heavy (non-hydrogen) atoms. The Kier molecular flexibility index (Phi) is 10.5. The summed E-state index contributed by atoms with van der Waals surface area (Å²) in [6.45, 7) is 4.27. The second-order valence-corrected chi connectivity index (χ2v) is 12.1. The topological polar surface area (TPSA) is 26.3 Å². The van der Waals surface area contributed by atoms with Crippen LogP contribution in [0.1, 0.15) is 116 Å². The number of fused-ring (bicyclic) bond motifs is 1. The highest BCUT2D eigenvalue weighted by molar-refractivity contribution is 5.75. The highest BCUT2D eigenvalue weighted by atomic mass is 19.1. The Labute approximate surface area is 219 Å². The molecule has 200 valence electrons. The Balaban J connectivity index is 1.27. The van der Waals surface area contributed by atoms with E-state index in [1.165, 1.54) is 83.1 Å². The molecule has 1 aromatic rings. The molecule has 4 unspecified atom stereocenters. The third-order valence-corrected chi connectivity index (χ3v) is 9.82. The summed E-state index contributed by atoms with van der Waals surface area (Å²) in [6.07, 6.45) is 23.9. The second-order valence-electron chi connectivity index (χ2n) is 12.1. The van der Waals surface area contributed by atoms with Crippen LogP contribution in [0.15, 0.2) is 30.4 Å². The van der Waals surface area contributed by atoms with Crippen LogP contribution in [-0.4, -0.2) is 5.97 Å². The summed E-state index contributed by atoms with van der Waals surface area (Å²) in [4.78, 5) is 13.2. The van der Waals surface area contributed by atoms with Crippen LogP contribution in [0, 0.1) is 41.3 Å². The number of carbonyl (C=O) groups excluding carboxylic acids is 1. The van der Waals surface area contributed by atoms with Crippen LogP contribution in [0.4, 0.5) is 4.39 Å². The van der Waals surface area contributed by atoms with E-state index in [0.29, 0.717) is 29.6 Å². The molecule has 3 saturated carbocycles. The molecule has 0 heterocycles. The van der Waals surface area contributed by atoms with Gasteiger partial charge >= 0.3 is 5.97 Å². The van der Waals surface area contributed by atoms with Crippen LogP contribution < -0.4 is 4.74 Å². The fraction of sp³-hybridized carbons (Fsp3) is 0.727. The molecular weight excluding hydrogens is 447 g/mol. The van der Waals surface area contributed by atoms with Crippen LogP contribution >= 0.6 is 0 Å². The lowest BCUT2D eigenvalue weighted by atomic mass is 9.59. The van der Waals surface area contributed by atoms with Gasteiger partial charge in [0, 0.05) is 6.07 Å². The Hall–Kier alpha value is -1.64. The van der Waals surface area contributed by atoms with Crippen molar-refractivity contribution in [1.29, 1.82) is 0 Å². The molecule has 2 nitrogen and oxygen atoms in total. The van der Waals surface area contributed by atoms with Crippen molar-refractivity contribution < 1.29 is 13.9 Å². The maximum atomic E-state index is 14.5. The number of aryl methyl sites for hydroxylation is 1. The lowest BCUT2D eigenvalue weighted by molar-refractivity contribution is -0.144. The van der Waals surface area contributed by atoms with Gasteiger partial charge < -0.3 is 4.74 Å². The summed E-state index contributed by atoms with van der Waals surface area (Å²) in [7, 11) is 0. The lowest BCUT2D eigenvalue weighted by Crippen LogP contribution is -2.40. The van der Waals surface area contributed by atoms with Crippen molar-refractivity contribution in [2.24, 2.45) is 35.5 Å². The van der Waals surface area contributed by atoms with Crippen molar-refractivity contribution in [3.63, 3.8) is 0 Å². The van der Waals surface area contributed by atoms with Gasteiger partial charge in [-0.05, 0) is 99.5 Å². The maximum Gasteiger partial charge on any atom is 0.314 e. The van der Waals surface area contributed by atoms with Crippen molar-refractivity contribution in [2.75, 3.05) is 0 Å². The van der Waals surface area contributed by atoms with Gasteiger partial charge in [-0.2, -0.15) is 0 Å². The number of carbonyl (C=O) groups is 1. The molecule has 1 aromatic carbocycles. The quantitative estimate of drug-likeness (QED) is 0.139. The standard InChI is InChI=1S/C33H49FO2/c1-3-5-7-10-24-14-16-25(17-15-24)27-19-21-30-28(22-27)12-9-13-31(30)33(35)36-29-20-18-26(32(34)23-29)11-8-6-4-2/h4,6,18,20,23-25,27-28,30-31H,3,5,7-17,19,21-22H2,1-2H3/b6-4+. The molecule has 0 N–H and O–H groups in total. The number of hydrogen-bond donors (Lipinski definition) is 0. The summed E-state index contributed by atoms with van der Waals surface area (Å²) in [6, 6.07) is 4.94. The van der Waals surface area contributed by atoms with Crippen molar-refractivity contribution in [1.82, 2.24) is 0 Å². The maximum absolute atomic E-state index is 14.5. The number of unbranched alkanes of at least 4 members (excludes halogenated alkanes) is 2. The minimum atomic E-state index is -0.271. The molecule has 3 aliphatic carbocycles. The SMILES string of the molecule is C/C=C/CCc1ccc(OC(=O)C2CCCC3CC(C4CCC(CCCCC)CC4)CCC32)cc1F. The third-order valence-electron chi connectivity index (χ3n) is 9.82. The van der Waals surface area contributed by atoms with E-state index in [1.54, 1.807) is 12.1 Å². The van der Waals surface area contributed by atoms with E-state index in [0.717, 1.165) is 37.0 Å². The van der Waals surface area contributed by atoms with Gasteiger partial charge in [0.25, 0.3) is 0 Å². The van der Waals surface area contributed by atoms with Gasteiger partial charge in [-0.1, -0.05) is 76.5 Å². The molecule has 4 rings (SSSR count). The molecule has 0 aromatic heterocycles. The molecule has 0 bridgehead atoms. The average Bonchev–Trinajstić information content (AvgIpc) is 2.90. The first-order chi connectivity index (χ1) is 17.6. The van der Waals surface area contributed by atoms with Crippen LogP contribution in [-0.2, 0) is 11.2 Å². The van der Waals surface area contributed by atoms with E-state index in [-0.39, 0.29) is 17.7 Å². The highest BCUT2D eigenvalue weighted by Gasteiger charge is 2.43. The fourth-order valence-electron chi connectivity index (χ4n) is 7.74. The van der Waals surface area contributed by atoms with Gasteiger partial charge in [-0.3, -0.25) is 4.79 Å². The molecule has 3 heteroatoms. The predicted octanol–water partition coefficient (Wildman–Crippen LogP) is 9.46. The van der Waals surface area contributed by atoms with Gasteiger partial charge in [0.05, 0.1) is 5.92 Å². The number of hydrogen-bond acceptors (Lipinski definition) is 2. The minimum Gasteiger partial charge on any atom is -0.426 e. The van der Waals surface area contributed by atoms with Crippen LogP contribution in [0.25, 0.3) is 0 Å². The monoisotopic (exact) mass is 496 g/mol. The highest BCUT2D eigenvalue weighted by Crippen LogP contribution is 2.50. The predicted molar refractivity (Wildman–Crippen MR) is 146 cm³/mol. The van der Waals surface area contributed by atoms with Crippen molar-refractivity contribution in [2.45, 2.75) is 117 Å². The normalized spacial score (nSPS) is 30.8. The van der Waals surface area contributed by atoms with E-state index >= 15 is 0 Å². The Morgan fingerprint density at radius 2 is 1.81 bits per heavy atom. The number of esters is 1. The summed E-state index contributed by atoms with van der Waals surface area (Å²) in [5.74, 6) is 3.82. The summed E-state index contributed by atoms with van der Waals surface area (Å²) >= 11 is 0. The Bertz CT molecular complexity index is 853. The first-order valence-corrected chi connectivity index (χ1v) is 15.2. The third kappa shape index (κ3) is 7.23. The number of allylic oxidation sites excluding steroid dienone is 2. The van der Waals surface area contributed by atoms with Crippen LogP contribution in [0.3, 0.4) is 0 Å². The first kappa shape index (κ1) is 27.4. The summed E-state index contributed by atoms with van der Waals surface area (Å²) in [5.41, 5.74) is 0.680. The summed E-state index contributed by atoms with van der Waals surface area (Å²) in [5, 5.41) is 0. The fourth-order valence-corrected chi connectivity index (χ4v) is 7.74. The van der Waals surface area contributed by atoms with Gasteiger partial charge in [-0.15, -0.1) is 0 Å². The van der Waals surface area contributed by atoms with E-state index in [4.69, 9.17) is 4.74 Å². The smallest absolute Gasteiger partial charge is 0.314 e. The van der Waals surface area contributed by atoms with E-state index in [9.17, 15) is 9.18 Å². The number of benzene rings is 1. The minimum absolute atomic E-state index is 0.0172. The van der Waals surface area contributed by atoms with E-state index in [2.05, 4.69) is 6.92 Å². The zero-order chi connectivity index (χ0) is 25.3. The zero-order valence-corrected chi connectivity index (χ0v) is 22.9.